The van der Waals surface area contributed by atoms with E-state index in [4.69, 9.17) is 4.42 Å². The summed E-state index contributed by atoms with van der Waals surface area (Å²) < 4.78 is 19.5. The Hall–Kier alpha value is -2.73. The lowest BCUT2D eigenvalue weighted by atomic mass is 10.1. The highest BCUT2D eigenvalue weighted by molar-refractivity contribution is 9.10. The summed E-state index contributed by atoms with van der Waals surface area (Å²) in [5.74, 6) is 0.384. The maximum atomic E-state index is 12.8. The van der Waals surface area contributed by atoms with Gasteiger partial charge in [-0.3, -0.25) is 4.79 Å². The number of hydrogen-bond acceptors (Lipinski definition) is 3. The largest absolute Gasteiger partial charge is 0.455 e. The summed E-state index contributed by atoms with van der Waals surface area (Å²) in [6.45, 7) is 2.01. The Morgan fingerprint density at radius 2 is 1.92 bits per heavy atom. The zero-order valence-electron chi connectivity index (χ0n) is 13.3. The van der Waals surface area contributed by atoms with Crippen LogP contribution < -0.4 is 5.43 Å². The van der Waals surface area contributed by atoms with Crippen molar-refractivity contribution in [2.24, 2.45) is 5.10 Å². The third-order valence-electron chi connectivity index (χ3n) is 3.55. The molecular weight excluding hydrogens is 387 g/mol. The minimum atomic E-state index is -0.425. The number of benzene rings is 2. The molecule has 0 saturated carbocycles. The average Bonchev–Trinajstić information content (AvgIpc) is 3.07. The van der Waals surface area contributed by atoms with Crippen molar-refractivity contribution in [1.82, 2.24) is 5.43 Å². The van der Waals surface area contributed by atoms with Gasteiger partial charge in [-0.15, -0.1) is 0 Å². The molecule has 4 nitrogen and oxygen atoms in total. The summed E-state index contributed by atoms with van der Waals surface area (Å²) in [6, 6.07) is 14.8. The maximum absolute atomic E-state index is 12.8. The molecule has 0 saturated heterocycles. The van der Waals surface area contributed by atoms with Gasteiger partial charge in [0.2, 0.25) is 0 Å². The monoisotopic (exact) mass is 400 g/mol. The molecule has 0 aliphatic heterocycles. The highest BCUT2D eigenvalue weighted by atomic mass is 79.9. The fourth-order valence-corrected chi connectivity index (χ4v) is 2.52. The number of furan rings is 1. The number of nitrogens with zero attached hydrogens (tertiary/aromatic N) is 1. The summed E-state index contributed by atoms with van der Waals surface area (Å²) in [6.07, 6.45) is 1.41. The molecule has 0 unspecified atom stereocenters. The van der Waals surface area contributed by atoms with Crippen molar-refractivity contribution < 1.29 is 13.6 Å². The van der Waals surface area contributed by atoms with Crippen LogP contribution in [0.3, 0.4) is 0 Å². The maximum Gasteiger partial charge on any atom is 0.271 e. The smallest absolute Gasteiger partial charge is 0.271 e. The van der Waals surface area contributed by atoms with Crippen molar-refractivity contribution in [2.45, 2.75) is 6.92 Å². The number of hydrazone groups is 1. The minimum absolute atomic E-state index is 0.322. The van der Waals surface area contributed by atoms with Crippen LogP contribution in [0.5, 0.6) is 0 Å². The number of rotatable bonds is 4. The fourth-order valence-electron chi connectivity index (χ4n) is 2.14. The second-order valence-corrected chi connectivity index (χ2v) is 6.23. The summed E-state index contributed by atoms with van der Waals surface area (Å²) >= 11 is 3.50. The number of carbonyl (C=O) groups is 1. The molecule has 25 heavy (non-hydrogen) atoms. The molecule has 0 bridgehead atoms. The van der Waals surface area contributed by atoms with Gasteiger partial charge in [-0.2, -0.15) is 5.10 Å². The lowest BCUT2D eigenvalue weighted by Gasteiger charge is -2.01. The van der Waals surface area contributed by atoms with Crippen molar-refractivity contribution >= 4 is 28.1 Å². The van der Waals surface area contributed by atoms with Crippen molar-refractivity contribution in [1.29, 1.82) is 0 Å². The normalized spacial score (nSPS) is 11.0. The van der Waals surface area contributed by atoms with E-state index in [1.807, 2.05) is 31.2 Å². The summed E-state index contributed by atoms with van der Waals surface area (Å²) in [4.78, 5) is 11.9. The zero-order chi connectivity index (χ0) is 17.8. The SMILES string of the molecule is Cc1ccc(-c2ccc(/C=N\NC(=O)c3ccc(F)cc3)o2)cc1Br. The summed E-state index contributed by atoms with van der Waals surface area (Å²) in [7, 11) is 0. The molecule has 2 aromatic carbocycles. The van der Waals surface area contributed by atoms with Crippen LogP contribution in [0, 0.1) is 12.7 Å². The first kappa shape index (κ1) is 17.1. The van der Waals surface area contributed by atoms with Crippen LogP contribution in [0.4, 0.5) is 4.39 Å². The van der Waals surface area contributed by atoms with E-state index in [1.165, 1.54) is 30.5 Å². The van der Waals surface area contributed by atoms with Gasteiger partial charge in [0.05, 0.1) is 6.21 Å². The minimum Gasteiger partial charge on any atom is -0.455 e. The summed E-state index contributed by atoms with van der Waals surface area (Å²) in [5.41, 5.74) is 4.77. The van der Waals surface area contributed by atoms with Crippen LogP contribution in [-0.2, 0) is 0 Å². The van der Waals surface area contributed by atoms with Crippen LogP contribution in [-0.4, -0.2) is 12.1 Å². The van der Waals surface area contributed by atoms with E-state index in [1.54, 1.807) is 6.07 Å². The third-order valence-corrected chi connectivity index (χ3v) is 4.40. The molecule has 0 spiro atoms. The van der Waals surface area contributed by atoms with Gasteiger partial charge in [-0.25, -0.2) is 9.82 Å². The van der Waals surface area contributed by atoms with Crippen molar-refractivity contribution in [3.8, 4) is 11.3 Å². The van der Waals surface area contributed by atoms with Gasteiger partial charge in [0.15, 0.2) is 0 Å². The lowest BCUT2D eigenvalue weighted by Crippen LogP contribution is -2.17. The molecule has 1 heterocycles. The molecular formula is C19H14BrFN2O2. The molecule has 1 aromatic heterocycles. The van der Waals surface area contributed by atoms with Crippen LogP contribution in [0.1, 0.15) is 21.7 Å². The highest BCUT2D eigenvalue weighted by Crippen LogP contribution is 2.26. The fraction of sp³-hybridized carbons (Fsp3) is 0.0526. The second-order valence-electron chi connectivity index (χ2n) is 5.37. The van der Waals surface area contributed by atoms with Crippen molar-refractivity contribution in [3.05, 3.63) is 81.8 Å². The molecule has 0 radical (unpaired) electrons. The lowest BCUT2D eigenvalue weighted by molar-refractivity contribution is 0.0955. The van der Waals surface area contributed by atoms with Gasteiger partial charge in [-0.05, 0) is 55.0 Å². The Balaban J connectivity index is 1.66. The molecule has 1 N–H and O–H groups in total. The van der Waals surface area contributed by atoms with E-state index in [0.717, 1.165) is 15.6 Å². The second kappa shape index (κ2) is 7.44. The zero-order valence-corrected chi connectivity index (χ0v) is 14.9. The Kier molecular flexibility index (Phi) is 5.09. The van der Waals surface area contributed by atoms with Crippen LogP contribution in [0.2, 0.25) is 0 Å². The van der Waals surface area contributed by atoms with E-state index >= 15 is 0 Å². The molecule has 6 heteroatoms. The first-order valence-corrected chi connectivity index (χ1v) is 8.27. The van der Waals surface area contributed by atoms with E-state index in [2.05, 4.69) is 26.5 Å². The van der Waals surface area contributed by atoms with Gasteiger partial charge < -0.3 is 4.42 Å². The number of carbonyl (C=O) groups excluding carboxylic acids is 1. The molecule has 3 aromatic rings. The Bertz CT molecular complexity index is 933. The quantitative estimate of drug-likeness (QED) is 0.499. The van der Waals surface area contributed by atoms with Gasteiger partial charge in [0.25, 0.3) is 5.91 Å². The standard InChI is InChI=1S/C19H14BrFN2O2/c1-12-2-3-14(10-17(12)20)18-9-8-16(25-18)11-22-23-19(24)13-4-6-15(21)7-5-13/h2-11H,1H3,(H,23,24)/b22-11-. The number of halogens is 2. The Labute approximate surface area is 152 Å². The first-order chi connectivity index (χ1) is 12.0. The van der Waals surface area contributed by atoms with Gasteiger partial charge in [0, 0.05) is 15.6 Å². The first-order valence-electron chi connectivity index (χ1n) is 7.48. The van der Waals surface area contributed by atoms with E-state index in [9.17, 15) is 9.18 Å². The third kappa shape index (κ3) is 4.22. The molecule has 0 atom stereocenters. The number of nitrogens with one attached hydrogen (secondary N) is 1. The van der Waals surface area contributed by atoms with E-state index in [-0.39, 0.29) is 0 Å². The predicted molar refractivity (Wildman–Crippen MR) is 98.0 cm³/mol. The number of hydrogen-bond donors (Lipinski definition) is 1. The van der Waals surface area contributed by atoms with Crippen LogP contribution in [0.25, 0.3) is 11.3 Å². The van der Waals surface area contributed by atoms with E-state index < -0.39 is 11.7 Å². The molecule has 0 fully saturated rings. The van der Waals surface area contributed by atoms with E-state index in [0.29, 0.717) is 17.1 Å². The molecule has 1 amide bonds. The molecule has 0 aliphatic rings. The van der Waals surface area contributed by atoms with Gasteiger partial charge in [-0.1, -0.05) is 28.1 Å². The van der Waals surface area contributed by atoms with Crippen LogP contribution in [0.15, 0.2) is 68.6 Å². The molecule has 126 valence electrons. The van der Waals surface area contributed by atoms with Crippen molar-refractivity contribution in [3.63, 3.8) is 0 Å². The summed E-state index contributed by atoms with van der Waals surface area (Å²) in [5, 5.41) is 3.86. The average molecular weight is 401 g/mol. The topological polar surface area (TPSA) is 54.6 Å². The van der Waals surface area contributed by atoms with Crippen LogP contribution >= 0.6 is 15.9 Å². The van der Waals surface area contributed by atoms with Gasteiger partial charge >= 0.3 is 0 Å². The predicted octanol–water partition coefficient (Wildman–Crippen LogP) is 4.92. The Morgan fingerprint density at radius 1 is 1.16 bits per heavy atom. The molecule has 3 rings (SSSR count). The highest BCUT2D eigenvalue weighted by Gasteiger charge is 2.06. The Morgan fingerprint density at radius 3 is 2.64 bits per heavy atom. The van der Waals surface area contributed by atoms with Crippen molar-refractivity contribution in [2.75, 3.05) is 0 Å². The molecule has 0 aliphatic carbocycles. The number of aryl methyl sites for hydroxylation is 1. The number of amides is 1. The van der Waals surface area contributed by atoms with Gasteiger partial charge in [0.1, 0.15) is 17.3 Å².